The van der Waals surface area contributed by atoms with E-state index in [1.54, 1.807) is 24.4 Å². The van der Waals surface area contributed by atoms with Gasteiger partial charge in [-0.15, -0.1) is 0 Å². The average molecular weight is 270 g/mol. The van der Waals surface area contributed by atoms with Crippen molar-refractivity contribution in [3.63, 3.8) is 0 Å². The Morgan fingerprint density at radius 1 is 1.33 bits per heavy atom. The molecule has 0 saturated carbocycles. The monoisotopic (exact) mass is 269 g/mol. The zero-order valence-electron chi connectivity index (χ0n) is 7.74. The first-order chi connectivity index (χ1) is 7.18. The normalized spacial score (nSPS) is 12.7. The minimum Gasteiger partial charge on any atom is -0.382 e. The molecule has 4 heteroatoms. The molecular weight excluding hydrogens is 261 g/mol. The largest absolute Gasteiger partial charge is 0.382 e. The smallest absolute Gasteiger partial charge is 0.124 e. The van der Waals surface area contributed by atoms with E-state index >= 15 is 0 Å². The lowest BCUT2D eigenvalue weighted by molar-refractivity contribution is 0.215. The number of H-pyrrole nitrogens is 1. The van der Waals surface area contributed by atoms with Gasteiger partial charge in [-0.3, -0.25) is 0 Å². The minimum absolute atomic E-state index is 0.329. The van der Waals surface area contributed by atoms with E-state index in [1.165, 1.54) is 12.1 Å². The third-order valence-electron chi connectivity index (χ3n) is 2.17. The molecule has 0 bridgehead atoms. The van der Waals surface area contributed by atoms with Crippen LogP contribution in [-0.4, -0.2) is 10.1 Å². The number of nitrogens with one attached hydrogen (secondary N) is 1. The van der Waals surface area contributed by atoms with E-state index < -0.39 is 6.10 Å². The summed E-state index contributed by atoms with van der Waals surface area (Å²) >= 11 is 3.22. The van der Waals surface area contributed by atoms with Crippen LogP contribution in [0.4, 0.5) is 4.39 Å². The van der Waals surface area contributed by atoms with Crippen molar-refractivity contribution in [1.82, 2.24) is 4.98 Å². The fourth-order valence-corrected chi connectivity index (χ4v) is 1.97. The molecule has 2 nitrogen and oxygen atoms in total. The Kier molecular flexibility index (Phi) is 2.88. The first-order valence-electron chi connectivity index (χ1n) is 4.45. The van der Waals surface area contributed by atoms with E-state index in [0.29, 0.717) is 15.7 Å². The van der Waals surface area contributed by atoms with Gasteiger partial charge in [-0.05, 0) is 24.3 Å². The Morgan fingerprint density at radius 3 is 2.73 bits per heavy atom. The molecule has 2 N–H and O–H groups in total. The molecule has 0 aliphatic heterocycles. The van der Waals surface area contributed by atoms with Crippen molar-refractivity contribution in [1.29, 1.82) is 0 Å². The van der Waals surface area contributed by atoms with E-state index in [9.17, 15) is 9.50 Å². The van der Waals surface area contributed by atoms with Gasteiger partial charge in [0.1, 0.15) is 11.9 Å². The molecule has 0 aliphatic rings. The second kappa shape index (κ2) is 4.16. The summed E-state index contributed by atoms with van der Waals surface area (Å²) in [5, 5.41) is 9.97. The van der Waals surface area contributed by atoms with Gasteiger partial charge in [-0.1, -0.05) is 22.0 Å². The van der Waals surface area contributed by atoms with Crippen LogP contribution in [0.5, 0.6) is 0 Å². The molecule has 1 aromatic heterocycles. The van der Waals surface area contributed by atoms with E-state index in [1.807, 2.05) is 0 Å². The van der Waals surface area contributed by atoms with Gasteiger partial charge in [0.15, 0.2) is 0 Å². The lowest BCUT2D eigenvalue weighted by atomic mass is 10.1. The highest BCUT2D eigenvalue weighted by Crippen LogP contribution is 2.28. The molecule has 78 valence electrons. The average Bonchev–Trinajstić information content (AvgIpc) is 2.69. The van der Waals surface area contributed by atoms with Crippen LogP contribution in [0.15, 0.2) is 41.0 Å². The lowest BCUT2D eigenvalue weighted by Crippen LogP contribution is -2.01. The molecule has 0 saturated heterocycles. The SMILES string of the molecule is OC(c1ccc[nH]1)c1ccc(F)cc1Br. The molecule has 1 unspecified atom stereocenters. The molecule has 1 aromatic carbocycles. The Morgan fingerprint density at radius 2 is 2.13 bits per heavy atom. The molecule has 15 heavy (non-hydrogen) atoms. The number of aliphatic hydroxyl groups excluding tert-OH is 1. The molecule has 1 heterocycles. The maximum Gasteiger partial charge on any atom is 0.124 e. The quantitative estimate of drug-likeness (QED) is 0.864. The predicted molar refractivity (Wildman–Crippen MR) is 59.0 cm³/mol. The number of halogens is 2. The maximum atomic E-state index is 12.8. The van der Waals surface area contributed by atoms with Crippen molar-refractivity contribution in [2.45, 2.75) is 6.10 Å². The number of aromatic nitrogens is 1. The molecule has 0 spiro atoms. The van der Waals surface area contributed by atoms with Crippen LogP contribution in [0, 0.1) is 5.82 Å². The standard InChI is InChI=1S/C11H9BrFNO/c12-9-6-7(13)3-4-8(9)11(15)10-2-1-5-14-10/h1-6,11,14-15H. The van der Waals surface area contributed by atoms with Crippen LogP contribution < -0.4 is 0 Å². The van der Waals surface area contributed by atoms with Crippen molar-refractivity contribution in [3.8, 4) is 0 Å². The number of rotatable bonds is 2. The second-order valence-electron chi connectivity index (χ2n) is 3.19. The summed E-state index contributed by atoms with van der Waals surface area (Å²) in [6.07, 6.45) is 0.964. The number of hydrogen-bond acceptors (Lipinski definition) is 1. The summed E-state index contributed by atoms with van der Waals surface area (Å²) in [6.45, 7) is 0. The Hall–Kier alpha value is -1.13. The Bertz CT molecular complexity index is 456. The molecular formula is C11H9BrFNO. The van der Waals surface area contributed by atoms with Crippen molar-refractivity contribution in [3.05, 3.63) is 58.1 Å². The number of aromatic amines is 1. The lowest BCUT2D eigenvalue weighted by Gasteiger charge is -2.11. The Labute approximate surface area is 94.9 Å². The van der Waals surface area contributed by atoms with E-state index in [2.05, 4.69) is 20.9 Å². The van der Waals surface area contributed by atoms with E-state index in [0.717, 1.165) is 0 Å². The predicted octanol–water partition coefficient (Wildman–Crippen LogP) is 3.00. The number of hydrogen-bond donors (Lipinski definition) is 2. The van der Waals surface area contributed by atoms with Crippen LogP contribution in [-0.2, 0) is 0 Å². The fraction of sp³-hybridized carbons (Fsp3) is 0.0909. The second-order valence-corrected chi connectivity index (χ2v) is 4.05. The van der Waals surface area contributed by atoms with Crippen molar-refractivity contribution < 1.29 is 9.50 Å². The summed E-state index contributed by atoms with van der Waals surface area (Å²) in [5.74, 6) is -0.329. The fourth-order valence-electron chi connectivity index (χ4n) is 1.41. The third kappa shape index (κ3) is 2.11. The van der Waals surface area contributed by atoms with Crippen molar-refractivity contribution >= 4 is 15.9 Å². The number of aliphatic hydroxyl groups is 1. The van der Waals surface area contributed by atoms with Crippen LogP contribution in [0.3, 0.4) is 0 Å². The van der Waals surface area contributed by atoms with Crippen molar-refractivity contribution in [2.75, 3.05) is 0 Å². The molecule has 0 aliphatic carbocycles. The zero-order valence-corrected chi connectivity index (χ0v) is 9.33. The highest BCUT2D eigenvalue weighted by molar-refractivity contribution is 9.10. The minimum atomic E-state index is -0.769. The molecule has 2 aromatic rings. The summed E-state index contributed by atoms with van der Waals surface area (Å²) in [6, 6.07) is 7.80. The molecule has 2 rings (SSSR count). The Balaban J connectivity index is 2.38. The topological polar surface area (TPSA) is 36.0 Å². The third-order valence-corrected chi connectivity index (χ3v) is 2.86. The van der Waals surface area contributed by atoms with Gasteiger partial charge in [0.25, 0.3) is 0 Å². The van der Waals surface area contributed by atoms with Crippen molar-refractivity contribution in [2.24, 2.45) is 0 Å². The molecule has 1 atom stereocenters. The first-order valence-corrected chi connectivity index (χ1v) is 5.24. The van der Waals surface area contributed by atoms with Crippen LogP contribution >= 0.6 is 15.9 Å². The van der Waals surface area contributed by atoms with Gasteiger partial charge in [0.05, 0.1) is 0 Å². The van der Waals surface area contributed by atoms with Gasteiger partial charge in [-0.2, -0.15) is 0 Å². The van der Waals surface area contributed by atoms with Gasteiger partial charge in [-0.25, -0.2) is 4.39 Å². The number of benzene rings is 1. The van der Waals surface area contributed by atoms with E-state index in [-0.39, 0.29) is 5.82 Å². The van der Waals surface area contributed by atoms with Crippen LogP contribution in [0.1, 0.15) is 17.4 Å². The molecule has 0 amide bonds. The highest BCUT2D eigenvalue weighted by atomic mass is 79.9. The molecule has 0 radical (unpaired) electrons. The summed E-state index contributed by atoms with van der Waals surface area (Å²) in [4.78, 5) is 2.91. The first kappa shape index (κ1) is 10.4. The summed E-state index contributed by atoms with van der Waals surface area (Å²) < 4.78 is 13.4. The van der Waals surface area contributed by atoms with Gasteiger partial charge in [0.2, 0.25) is 0 Å². The zero-order chi connectivity index (χ0) is 10.8. The summed E-state index contributed by atoms with van der Waals surface area (Å²) in [7, 11) is 0. The van der Waals surface area contributed by atoms with Gasteiger partial charge in [0, 0.05) is 21.9 Å². The van der Waals surface area contributed by atoms with Gasteiger partial charge >= 0.3 is 0 Å². The highest BCUT2D eigenvalue weighted by Gasteiger charge is 2.14. The maximum absolute atomic E-state index is 12.8. The van der Waals surface area contributed by atoms with E-state index in [4.69, 9.17) is 0 Å². The van der Waals surface area contributed by atoms with Crippen LogP contribution in [0.2, 0.25) is 0 Å². The molecule has 0 fully saturated rings. The van der Waals surface area contributed by atoms with Gasteiger partial charge < -0.3 is 10.1 Å². The summed E-state index contributed by atoms with van der Waals surface area (Å²) in [5.41, 5.74) is 1.32. The van der Waals surface area contributed by atoms with Crippen LogP contribution in [0.25, 0.3) is 0 Å².